The number of alkyl halides is 3. The number of piperidine rings is 1. The molecule has 1 fully saturated rings. The number of nitrogens with zero attached hydrogens (tertiary/aromatic N) is 1. The van der Waals surface area contributed by atoms with E-state index in [2.05, 4.69) is 9.57 Å². The van der Waals surface area contributed by atoms with Gasteiger partial charge in [-0.2, -0.15) is 5.48 Å². The first kappa shape index (κ1) is 37.0. The second-order valence-corrected chi connectivity index (χ2v) is 12.7. The number of hydroxylamine groups is 1. The van der Waals surface area contributed by atoms with Crippen LogP contribution in [0.5, 0.6) is 17.2 Å². The van der Waals surface area contributed by atoms with Gasteiger partial charge in [0.15, 0.2) is 20.2 Å². The second-order valence-electron chi connectivity index (χ2n) is 10.4. The average Bonchev–Trinajstić information content (AvgIpc) is 2.99. The Morgan fingerprint density at radius 1 is 0.915 bits per heavy atom. The second kappa shape index (κ2) is 15.0. The van der Waals surface area contributed by atoms with Crippen molar-refractivity contribution in [2.45, 2.75) is 47.3 Å². The van der Waals surface area contributed by atoms with Crippen molar-refractivity contribution in [3.8, 4) is 17.2 Å². The molecule has 0 saturated carbocycles. The van der Waals surface area contributed by atoms with Crippen molar-refractivity contribution in [3.63, 3.8) is 0 Å². The van der Waals surface area contributed by atoms with Crippen molar-refractivity contribution in [2.75, 3.05) is 33.4 Å². The highest BCUT2D eigenvalue weighted by Crippen LogP contribution is 2.37. The predicted octanol–water partition coefficient (Wildman–Crippen LogP) is 1.89. The molecular weight excluding hydrogens is 661 g/mol. The van der Waals surface area contributed by atoms with E-state index < -0.39 is 69.0 Å². The summed E-state index contributed by atoms with van der Waals surface area (Å²) in [6.07, 6.45) is -8.17. The van der Waals surface area contributed by atoms with E-state index in [1.54, 1.807) is 5.48 Å². The minimum atomic E-state index is -4.88. The summed E-state index contributed by atoms with van der Waals surface area (Å²) < 4.78 is 77.4. The SMILES string of the molecule is COCCN1CCC(C(=O)NOC(=O)CC(O)(CC(=O)O)C(=O)O)(S(=O)(=O)c2ccc(Oc3ccc(OC(F)(F)F)cc3)cc2)CC1. The molecule has 1 atom stereocenters. The predicted molar refractivity (Wildman–Crippen MR) is 151 cm³/mol. The largest absolute Gasteiger partial charge is 0.573 e. The monoisotopic (exact) mass is 692 g/mol. The van der Waals surface area contributed by atoms with Crippen molar-refractivity contribution in [1.82, 2.24) is 10.4 Å². The number of carboxylic acids is 2. The van der Waals surface area contributed by atoms with Crippen molar-refractivity contribution in [3.05, 3.63) is 48.5 Å². The molecule has 0 bridgehead atoms. The van der Waals surface area contributed by atoms with Crippen LogP contribution in [0.2, 0.25) is 0 Å². The van der Waals surface area contributed by atoms with E-state index in [0.29, 0.717) is 13.2 Å². The molecule has 1 unspecified atom stereocenters. The van der Waals surface area contributed by atoms with Gasteiger partial charge in [0.2, 0.25) is 0 Å². The van der Waals surface area contributed by atoms with Crippen LogP contribution in [-0.2, 0) is 38.6 Å². The smallest absolute Gasteiger partial charge is 0.481 e. The fourth-order valence-corrected chi connectivity index (χ4v) is 6.62. The lowest BCUT2D eigenvalue weighted by Gasteiger charge is -2.39. The zero-order valence-corrected chi connectivity index (χ0v) is 25.5. The van der Waals surface area contributed by atoms with Crippen LogP contribution >= 0.6 is 0 Å². The molecule has 2 aromatic carbocycles. The Balaban J connectivity index is 1.81. The molecule has 19 heteroatoms. The molecule has 258 valence electrons. The van der Waals surface area contributed by atoms with Crippen molar-refractivity contribution >= 4 is 33.7 Å². The van der Waals surface area contributed by atoms with Gasteiger partial charge < -0.3 is 39.3 Å². The summed E-state index contributed by atoms with van der Waals surface area (Å²) in [4.78, 5) is 54.2. The average molecular weight is 693 g/mol. The van der Waals surface area contributed by atoms with Crippen LogP contribution in [0.4, 0.5) is 13.2 Å². The number of ether oxygens (including phenoxy) is 3. The fourth-order valence-electron chi connectivity index (χ4n) is 4.67. The van der Waals surface area contributed by atoms with E-state index in [1.807, 2.05) is 4.90 Å². The van der Waals surface area contributed by atoms with Gasteiger partial charge in [0.1, 0.15) is 17.2 Å². The summed E-state index contributed by atoms with van der Waals surface area (Å²) in [5, 5.41) is 28.1. The van der Waals surface area contributed by atoms with Crippen molar-refractivity contribution in [2.24, 2.45) is 0 Å². The van der Waals surface area contributed by atoms with Crippen LogP contribution in [0.15, 0.2) is 53.4 Å². The van der Waals surface area contributed by atoms with Gasteiger partial charge in [-0.1, -0.05) is 0 Å². The maximum Gasteiger partial charge on any atom is 0.573 e. The fraction of sp³-hybridized carbons (Fsp3) is 0.429. The Labute approximate surface area is 265 Å². The number of hydrogen-bond donors (Lipinski definition) is 4. The number of aliphatic carboxylic acids is 2. The number of halogens is 3. The van der Waals surface area contributed by atoms with Gasteiger partial charge in [0.25, 0.3) is 5.91 Å². The summed E-state index contributed by atoms with van der Waals surface area (Å²) >= 11 is 0. The van der Waals surface area contributed by atoms with E-state index in [4.69, 9.17) is 19.7 Å². The van der Waals surface area contributed by atoms with Gasteiger partial charge in [-0.25, -0.2) is 18.0 Å². The number of carbonyl (C=O) groups is 4. The lowest BCUT2D eigenvalue weighted by atomic mass is 9.95. The minimum Gasteiger partial charge on any atom is -0.481 e. The number of hydrogen-bond acceptors (Lipinski definition) is 12. The zero-order chi connectivity index (χ0) is 35.0. The lowest BCUT2D eigenvalue weighted by molar-refractivity contribution is -0.274. The highest BCUT2D eigenvalue weighted by molar-refractivity contribution is 7.93. The molecule has 15 nitrogen and oxygen atoms in total. The normalized spacial score (nSPS) is 16.4. The van der Waals surface area contributed by atoms with Crippen LogP contribution in [0.3, 0.4) is 0 Å². The van der Waals surface area contributed by atoms with Crippen LogP contribution in [0.1, 0.15) is 25.7 Å². The number of benzene rings is 2. The van der Waals surface area contributed by atoms with E-state index in [0.717, 1.165) is 24.3 Å². The number of carbonyl (C=O) groups excluding carboxylic acids is 2. The molecule has 1 aliphatic rings. The molecular formula is C28H31F3N2O13S. The summed E-state index contributed by atoms with van der Waals surface area (Å²) in [6.45, 7) is 0.967. The highest BCUT2D eigenvalue weighted by atomic mass is 32.2. The molecule has 1 amide bonds. The number of rotatable bonds is 14. The first-order chi connectivity index (χ1) is 21.9. The molecule has 2 aromatic rings. The summed E-state index contributed by atoms with van der Waals surface area (Å²) in [6, 6.07) is 9.22. The number of carboxylic acid groups (broad SMARTS) is 2. The Hall–Kier alpha value is -4.46. The van der Waals surface area contributed by atoms with Crippen molar-refractivity contribution < 1.29 is 75.1 Å². The molecule has 0 aromatic heterocycles. The van der Waals surface area contributed by atoms with Crippen LogP contribution in [-0.4, -0.2) is 103 Å². The molecule has 1 aliphatic heterocycles. The van der Waals surface area contributed by atoms with Gasteiger partial charge in [0, 0.05) is 26.7 Å². The quantitative estimate of drug-likeness (QED) is 0.208. The Morgan fingerprint density at radius 3 is 1.94 bits per heavy atom. The van der Waals surface area contributed by atoms with Crippen LogP contribution in [0, 0.1) is 0 Å². The molecule has 0 spiro atoms. The number of sulfone groups is 1. The molecule has 0 radical (unpaired) electrons. The Bertz CT molecular complexity index is 1540. The molecule has 0 aliphatic carbocycles. The third-order valence-electron chi connectivity index (χ3n) is 7.17. The zero-order valence-electron chi connectivity index (χ0n) is 24.7. The Kier molecular flexibility index (Phi) is 11.8. The van der Waals surface area contributed by atoms with E-state index in [9.17, 15) is 45.9 Å². The summed E-state index contributed by atoms with van der Waals surface area (Å²) in [5.41, 5.74) is -1.33. The van der Waals surface area contributed by atoms with Gasteiger partial charge in [-0.05, 0) is 61.4 Å². The number of likely N-dealkylation sites (tertiary alicyclic amines) is 1. The van der Waals surface area contributed by atoms with Crippen molar-refractivity contribution in [1.29, 1.82) is 0 Å². The number of aliphatic hydroxyl groups is 1. The van der Waals surface area contributed by atoms with E-state index in [-0.39, 0.29) is 42.3 Å². The Morgan fingerprint density at radius 2 is 1.45 bits per heavy atom. The number of nitrogens with one attached hydrogen (secondary N) is 1. The summed E-state index contributed by atoms with van der Waals surface area (Å²) in [5.74, 6) is -6.86. The third-order valence-corrected chi connectivity index (χ3v) is 9.68. The topological polar surface area (TPSA) is 215 Å². The maximum atomic E-state index is 14.0. The van der Waals surface area contributed by atoms with Gasteiger partial charge >= 0.3 is 24.3 Å². The first-order valence-corrected chi connectivity index (χ1v) is 15.2. The molecule has 47 heavy (non-hydrogen) atoms. The van der Waals surface area contributed by atoms with Gasteiger partial charge in [-0.15, -0.1) is 13.2 Å². The van der Waals surface area contributed by atoms with Crippen LogP contribution < -0.4 is 15.0 Å². The maximum absolute atomic E-state index is 14.0. The number of amides is 1. The standard InChI is InChI=1S/C28H31F3N2O13S/c1-43-15-14-33-12-10-27(11-13-33,24(37)32-46-23(36)17-26(40,25(38)39)16-22(34)35)47(41,42)21-8-6-19(7-9-21)44-18-2-4-20(5-3-18)45-28(29,30)31/h2-9,40H,10-17H2,1H3,(H,32,37)(H,34,35)(H,38,39). The minimum absolute atomic E-state index is 0.0996. The van der Waals surface area contributed by atoms with E-state index in [1.165, 1.54) is 31.4 Å². The molecule has 4 N–H and O–H groups in total. The number of methoxy groups -OCH3 is 1. The highest BCUT2D eigenvalue weighted by Gasteiger charge is 2.53. The molecule has 1 saturated heterocycles. The van der Waals surface area contributed by atoms with Crippen LogP contribution in [0.25, 0.3) is 0 Å². The molecule has 1 heterocycles. The van der Waals surface area contributed by atoms with Gasteiger partial charge in [-0.3, -0.25) is 9.59 Å². The third kappa shape index (κ3) is 9.53. The first-order valence-electron chi connectivity index (χ1n) is 13.7. The van der Waals surface area contributed by atoms with Gasteiger partial charge in [0.05, 0.1) is 24.3 Å². The summed E-state index contributed by atoms with van der Waals surface area (Å²) in [7, 11) is -3.07. The van der Waals surface area contributed by atoms with E-state index >= 15 is 0 Å². The lowest BCUT2D eigenvalue weighted by Crippen LogP contribution is -2.58. The molecule has 3 rings (SSSR count).